The fraction of sp³-hybridized carbons (Fsp3) is 0.263. The fourth-order valence-corrected chi connectivity index (χ4v) is 2.82. The van der Waals surface area contributed by atoms with E-state index in [1.165, 1.54) is 0 Å². The van der Waals surface area contributed by atoms with Crippen LogP contribution < -0.4 is 20.1 Å². The minimum Gasteiger partial charge on any atom is -0.454 e. The summed E-state index contributed by atoms with van der Waals surface area (Å²) >= 11 is 6.06. The van der Waals surface area contributed by atoms with Crippen LogP contribution in [0.5, 0.6) is 11.5 Å². The average Bonchev–Trinajstić information content (AvgIpc) is 3.07. The third kappa shape index (κ3) is 3.91. The molecule has 0 spiro atoms. The van der Waals surface area contributed by atoms with Gasteiger partial charge in [-0.05, 0) is 30.2 Å². The molecule has 0 fully saturated rings. The van der Waals surface area contributed by atoms with E-state index in [1.54, 1.807) is 42.5 Å². The smallest absolute Gasteiger partial charge is 0.253 e. The van der Waals surface area contributed by atoms with Crippen LogP contribution in [0.4, 0.5) is 5.69 Å². The van der Waals surface area contributed by atoms with Crippen LogP contribution in [-0.4, -0.2) is 24.6 Å². The van der Waals surface area contributed by atoms with Crippen molar-refractivity contribution >= 4 is 29.1 Å². The second-order valence-electron chi connectivity index (χ2n) is 6.23. The van der Waals surface area contributed by atoms with Crippen LogP contribution in [0.15, 0.2) is 42.5 Å². The van der Waals surface area contributed by atoms with Crippen molar-refractivity contribution in [2.75, 3.05) is 12.1 Å². The molecule has 0 saturated heterocycles. The lowest BCUT2D eigenvalue weighted by atomic mass is 10.0. The molecule has 6 nitrogen and oxygen atoms in total. The predicted molar refractivity (Wildman–Crippen MR) is 98.7 cm³/mol. The quantitative estimate of drug-likeness (QED) is 0.840. The van der Waals surface area contributed by atoms with Gasteiger partial charge in [0.1, 0.15) is 6.04 Å². The zero-order valence-corrected chi connectivity index (χ0v) is 15.2. The molecule has 7 heteroatoms. The normalized spacial score (nSPS) is 13.4. The van der Waals surface area contributed by atoms with E-state index >= 15 is 0 Å². The average molecular weight is 375 g/mol. The molecule has 1 aliphatic rings. The van der Waals surface area contributed by atoms with E-state index in [9.17, 15) is 9.59 Å². The molecule has 0 bridgehead atoms. The highest BCUT2D eigenvalue weighted by molar-refractivity contribution is 6.33. The molecule has 1 heterocycles. The summed E-state index contributed by atoms with van der Waals surface area (Å²) in [5.74, 6) is 0.379. The van der Waals surface area contributed by atoms with Crippen molar-refractivity contribution in [3.63, 3.8) is 0 Å². The number of rotatable bonds is 5. The van der Waals surface area contributed by atoms with Crippen molar-refractivity contribution in [3.8, 4) is 11.5 Å². The maximum Gasteiger partial charge on any atom is 0.253 e. The molecule has 0 aromatic heterocycles. The number of halogens is 1. The Morgan fingerprint density at radius 3 is 2.54 bits per heavy atom. The highest BCUT2D eigenvalue weighted by Gasteiger charge is 2.26. The summed E-state index contributed by atoms with van der Waals surface area (Å²) in [6, 6.07) is 11.1. The lowest BCUT2D eigenvalue weighted by Crippen LogP contribution is -2.47. The van der Waals surface area contributed by atoms with Crippen LogP contribution in [0.25, 0.3) is 0 Å². The van der Waals surface area contributed by atoms with Gasteiger partial charge in [0.2, 0.25) is 12.7 Å². The number of carbonyl (C=O) groups excluding carboxylic acids is 2. The second kappa shape index (κ2) is 7.66. The van der Waals surface area contributed by atoms with Gasteiger partial charge in [0, 0.05) is 11.8 Å². The summed E-state index contributed by atoms with van der Waals surface area (Å²) < 4.78 is 10.6. The zero-order valence-electron chi connectivity index (χ0n) is 14.4. The van der Waals surface area contributed by atoms with Gasteiger partial charge in [0.05, 0.1) is 10.6 Å². The van der Waals surface area contributed by atoms with Crippen molar-refractivity contribution < 1.29 is 19.1 Å². The summed E-state index contributed by atoms with van der Waals surface area (Å²) in [7, 11) is 0. The zero-order chi connectivity index (χ0) is 18.7. The Hall–Kier alpha value is -2.73. The van der Waals surface area contributed by atoms with E-state index in [1.807, 2.05) is 13.8 Å². The third-order valence-corrected chi connectivity index (χ3v) is 4.32. The number of fused-ring (bicyclic) bond motifs is 1. The number of anilines is 1. The number of nitrogens with one attached hydrogen (secondary N) is 2. The van der Waals surface area contributed by atoms with Crippen molar-refractivity contribution in [1.29, 1.82) is 0 Å². The fourth-order valence-electron chi connectivity index (χ4n) is 2.59. The van der Waals surface area contributed by atoms with Crippen LogP contribution in [0, 0.1) is 5.92 Å². The molecule has 1 aliphatic heterocycles. The van der Waals surface area contributed by atoms with E-state index in [-0.39, 0.29) is 18.6 Å². The first-order valence-corrected chi connectivity index (χ1v) is 8.59. The maximum absolute atomic E-state index is 12.7. The van der Waals surface area contributed by atoms with Gasteiger partial charge in [-0.2, -0.15) is 0 Å². The Morgan fingerprint density at radius 2 is 1.81 bits per heavy atom. The monoisotopic (exact) mass is 374 g/mol. The van der Waals surface area contributed by atoms with Crippen LogP contribution in [0.2, 0.25) is 5.02 Å². The van der Waals surface area contributed by atoms with Crippen molar-refractivity contribution in [1.82, 2.24) is 5.32 Å². The largest absolute Gasteiger partial charge is 0.454 e. The van der Waals surface area contributed by atoms with Gasteiger partial charge in [-0.15, -0.1) is 0 Å². The van der Waals surface area contributed by atoms with E-state index in [0.29, 0.717) is 27.8 Å². The van der Waals surface area contributed by atoms with E-state index in [0.717, 1.165) is 0 Å². The molecule has 26 heavy (non-hydrogen) atoms. The molecule has 136 valence electrons. The van der Waals surface area contributed by atoms with Crippen molar-refractivity contribution in [2.24, 2.45) is 5.92 Å². The molecule has 0 aliphatic carbocycles. The third-order valence-electron chi connectivity index (χ3n) is 3.99. The molecular formula is C19H19ClN2O4. The molecule has 2 aromatic carbocycles. The maximum atomic E-state index is 12.7. The number of hydrogen-bond donors (Lipinski definition) is 2. The Bertz CT molecular complexity index is 838. The SMILES string of the molecule is CC(C)C(NC(=O)c1ccccc1Cl)C(=O)Nc1ccc2c(c1)OCO2. The summed E-state index contributed by atoms with van der Waals surface area (Å²) in [6.45, 7) is 3.88. The molecule has 1 unspecified atom stereocenters. The first kappa shape index (κ1) is 18.1. The van der Waals surface area contributed by atoms with Crippen LogP contribution in [0.1, 0.15) is 24.2 Å². The number of carbonyl (C=O) groups is 2. The van der Waals surface area contributed by atoms with E-state index < -0.39 is 11.9 Å². The summed E-state index contributed by atoms with van der Waals surface area (Å²) in [4.78, 5) is 25.2. The first-order valence-electron chi connectivity index (χ1n) is 8.21. The minimum atomic E-state index is -0.718. The van der Waals surface area contributed by atoms with Gasteiger partial charge < -0.3 is 20.1 Å². The van der Waals surface area contributed by atoms with Gasteiger partial charge >= 0.3 is 0 Å². The van der Waals surface area contributed by atoms with Gasteiger partial charge in [-0.25, -0.2) is 0 Å². The van der Waals surface area contributed by atoms with Gasteiger partial charge in [0.25, 0.3) is 5.91 Å². The Balaban J connectivity index is 1.72. The first-order chi connectivity index (χ1) is 12.5. The van der Waals surface area contributed by atoms with Crippen LogP contribution >= 0.6 is 11.6 Å². The minimum absolute atomic E-state index is 0.115. The molecule has 0 radical (unpaired) electrons. The highest BCUT2D eigenvalue weighted by atomic mass is 35.5. The molecule has 2 amide bonds. The predicted octanol–water partition coefficient (Wildman–Crippen LogP) is 3.46. The van der Waals surface area contributed by atoms with Gasteiger partial charge in [-0.3, -0.25) is 9.59 Å². The standard InChI is InChI=1S/C19H19ClN2O4/c1-11(2)17(22-18(23)13-5-3-4-6-14(13)20)19(24)21-12-7-8-15-16(9-12)26-10-25-15/h3-9,11,17H,10H2,1-2H3,(H,21,24)(H,22,23). The Labute approximate surface area is 156 Å². The molecular weight excluding hydrogens is 356 g/mol. The molecule has 2 N–H and O–H groups in total. The topological polar surface area (TPSA) is 76.7 Å². The summed E-state index contributed by atoms with van der Waals surface area (Å²) in [5.41, 5.74) is 0.896. The summed E-state index contributed by atoms with van der Waals surface area (Å²) in [5, 5.41) is 5.89. The molecule has 0 saturated carbocycles. The van der Waals surface area contributed by atoms with Gasteiger partial charge in [-0.1, -0.05) is 37.6 Å². The Kier molecular flexibility index (Phi) is 5.32. The van der Waals surface area contributed by atoms with Gasteiger partial charge in [0.15, 0.2) is 11.5 Å². The highest BCUT2D eigenvalue weighted by Crippen LogP contribution is 2.34. The summed E-state index contributed by atoms with van der Waals surface area (Å²) in [6.07, 6.45) is 0. The van der Waals surface area contributed by atoms with E-state index in [4.69, 9.17) is 21.1 Å². The lowest BCUT2D eigenvalue weighted by Gasteiger charge is -2.22. The second-order valence-corrected chi connectivity index (χ2v) is 6.64. The van der Waals surface area contributed by atoms with Crippen LogP contribution in [-0.2, 0) is 4.79 Å². The van der Waals surface area contributed by atoms with Crippen molar-refractivity contribution in [3.05, 3.63) is 53.1 Å². The Morgan fingerprint density at radius 1 is 1.08 bits per heavy atom. The number of ether oxygens (including phenoxy) is 2. The molecule has 2 aromatic rings. The van der Waals surface area contributed by atoms with Crippen molar-refractivity contribution in [2.45, 2.75) is 19.9 Å². The molecule has 1 atom stereocenters. The number of benzene rings is 2. The lowest BCUT2D eigenvalue weighted by molar-refractivity contribution is -0.118. The number of hydrogen-bond acceptors (Lipinski definition) is 4. The number of amides is 2. The van der Waals surface area contributed by atoms with E-state index in [2.05, 4.69) is 10.6 Å². The molecule has 3 rings (SSSR count). The van der Waals surface area contributed by atoms with Crippen LogP contribution in [0.3, 0.4) is 0 Å².